The monoisotopic (exact) mass is 249 g/mol. The Morgan fingerprint density at radius 1 is 1.50 bits per heavy atom. The van der Waals surface area contributed by atoms with Crippen LogP contribution >= 0.6 is 0 Å². The lowest BCUT2D eigenvalue weighted by Crippen LogP contribution is -2.33. The lowest BCUT2D eigenvalue weighted by molar-refractivity contribution is 0.0215. The highest BCUT2D eigenvalue weighted by Gasteiger charge is 2.16. The van der Waals surface area contributed by atoms with Crippen molar-refractivity contribution in [2.45, 2.75) is 38.3 Å². The molecule has 0 aromatic carbocycles. The fourth-order valence-electron chi connectivity index (χ4n) is 2.24. The molecule has 4 nitrogen and oxygen atoms in total. The van der Waals surface area contributed by atoms with Crippen LogP contribution in [-0.2, 0) is 4.74 Å². The predicted octanol–water partition coefficient (Wildman–Crippen LogP) is 2.11. The van der Waals surface area contributed by atoms with Crippen molar-refractivity contribution in [2.75, 3.05) is 25.1 Å². The van der Waals surface area contributed by atoms with Crippen LogP contribution in [0.4, 0.5) is 5.82 Å². The van der Waals surface area contributed by atoms with E-state index in [9.17, 15) is 0 Å². The van der Waals surface area contributed by atoms with E-state index in [-0.39, 0.29) is 6.04 Å². The van der Waals surface area contributed by atoms with Gasteiger partial charge in [-0.15, -0.1) is 0 Å². The first-order valence-electron chi connectivity index (χ1n) is 6.71. The molecular weight excluding hydrogens is 226 g/mol. The Labute approximate surface area is 109 Å². The number of likely N-dealkylation sites (N-methyl/N-ethyl adjacent to an activating group) is 1. The highest BCUT2D eigenvalue weighted by Crippen LogP contribution is 2.17. The van der Waals surface area contributed by atoms with Crippen molar-refractivity contribution < 1.29 is 4.74 Å². The molecule has 1 aromatic heterocycles. The van der Waals surface area contributed by atoms with Crippen LogP contribution in [0.5, 0.6) is 0 Å². The van der Waals surface area contributed by atoms with Gasteiger partial charge in [-0.3, -0.25) is 0 Å². The second-order valence-electron chi connectivity index (χ2n) is 5.11. The van der Waals surface area contributed by atoms with Gasteiger partial charge in [-0.1, -0.05) is 6.07 Å². The van der Waals surface area contributed by atoms with E-state index in [1.54, 1.807) is 0 Å². The van der Waals surface area contributed by atoms with E-state index in [0.29, 0.717) is 6.10 Å². The van der Waals surface area contributed by atoms with Crippen molar-refractivity contribution in [3.8, 4) is 0 Å². The average Bonchev–Trinajstić information content (AvgIpc) is 2.40. The first-order valence-corrected chi connectivity index (χ1v) is 6.71. The van der Waals surface area contributed by atoms with E-state index >= 15 is 0 Å². The molecule has 4 heteroatoms. The first-order chi connectivity index (χ1) is 8.66. The van der Waals surface area contributed by atoms with Crippen LogP contribution in [0.25, 0.3) is 0 Å². The van der Waals surface area contributed by atoms with Crippen molar-refractivity contribution >= 4 is 5.82 Å². The Bertz CT molecular complexity index is 358. The van der Waals surface area contributed by atoms with Crippen molar-refractivity contribution in [2.24, 2.45) is 5.73 Å². The molecule has 0 aliphatic carbocycles. The molecule has 0 saturated carbocycles. The van der Waals surface area contributed by atoms with Crippen LogP contribution in [-0.4, -0.2) is 31.3 Å². The van der Waals surface area contributed by atoms with Crippen molar-refractivity contribution in [3.63, 3.8) is 0 Å². The quantitative estimate of drug-likeness (QED) is 0.888. The number of ether oxygens (including phenoxy) is 1. The lowest BCUT2D eigenvalue weighted by Gasteiger charge is -2.28. The van der Waals surface area contributed by atoms with Crippen LogP contribution < -0.4 is 10.6 Å². The minimum absolute atomic E-state index is 0.0403. The van der Waals surface area contributed by atoms with Gasteiger partial charge in [0.05, 0.1) is 6.10 Å². The van der Waals surface area contributed by atoms with Gasteiger partial charge >= 0.3 is 0 Å². The summed E-state index contributed by atoms with van der Waals surface area (Å²) in [6.45, 7) is 3.77. The largest absolute Gasteiger partial charge is 0.376 e. The van der Waals surface area contributed by atoms with Gasteiger partial charge in [0, 0.05) is 32.4 Å². The second kappa shape index (κ2) is 6.16. The van der Waals surface area contributed by atoms with Crippen molar-refractivity contribution in [1.29, 1.82) is 0 Å². The molecule has 18 heavy (non-hydrogen) atoms. The van der Waals surface area contributed by atoms with Crippen LogP contribution in [0, 0.1) is 0 Å². The molecule has 2 atom stereocenters. The molecule has 0 bridgehead atoms. The highest BCUT2D eigenvalue weighted by molar-refractivity contribution is 5.38. The zero-order valence-corrected chi connectivity index (χ0v) is 11.3. The zero-order valence-electron chi connectivity index (χ0n) is 11.3. The Kier molecular flexibility index (Phi) is 4.55. The van der Waals surface area contributed by atoms with E-state index < -0.39 is 0 Å². The maximum absolute atomic E-state index is 5.82. The van der Waals surface area contributed by atoms with E-state index in [1.165, 1.54) is 12.8 Å². The fraction of sp³-hybridized carbons (Fsp3) is 0.643. The minimum Gasteiger partial charge on any atom is -0.376 e. The van der Waals surface area contributed by atoms with Gasteiger partial charge in [-0.2, -0.15) is 0 Å². The topological polar surface area (TPSA) is 51.4 Å². The standard InChI is InChI=1S/C14H23N3O/c1-11(15)12-6-7-14(16-9-12)17(2)10-13-5-3-4-8-18-13/h6-7,9,11,13H,3-5,8,10,15H2,1-2H3. The van der Waals surface area contributed by atoms with Gasteiger partial charge in [-0.25, -0.2) is 4.98 Å². The summed E-state index contributed by atoms with van der Waals surface area (Å²) in [5, 5.41) is 0. The molecule has 0 spiro atoms. The Morgan fingerprint density at radius 2 is 2.33 bits per heavy atom. The van der Waals surface area contributed by atoms with Gasteiger partial charge < -0.3 is 15.4 Å². The predicted molar refractivity (Wildman–Crippen MR) is 73.7 cm³/mol. The number of pyridine rings is 1. The molecule has 2 heterocycles. The van der Waals surface area contributed by atoms with Gasteiger partial charge in [0.25, 0.3) is 0 Å². The van der Waals surface area contributed by atoms with Crippen molar-refractivity contribution in [1.82, 2.24) is 4.98 Å². The summed E-state index contributed by atoms with van der Waals surface area (Å²) in [5.41, 5.74) is 6.89. The third kappa shape index (κ3) is 3.43. The molecule has 0 radical (unpaired) electrons. The Morgan fingerprint density at radius 3 is 2.89 bits per heavy atom. The summed E-state index contributed by atoms with van der Waals surface area (Å²) in [7, 11) is 2.06. The minimum atomic E-state index is 0.0403. The third-order valence-corrected chi connectivity index (χ3v) is 3.44. The summed E-state index contributed by atoms with van der Waals surface area (Å²) in [6.07, 6.45) is 5.83. The molecule has 100 valence electrons. The van der Waals surface area contributed by atoms with Crippen molar-refractivity contribution in [3.05, 3.63) is 23.9 Å². The number of anilines is 1. The second-order valence-corrected chi connectivity index (χ2v) is 5.11. The van der Waals surface area contributed by atoms with Gasteiger partial charge in [-0.05, 0) is 37.8 Å². The Hall–Kier alpha value is -1.13. The summed E-state index contributed by atoms with van der Waals surface area (Å²) < 4.78 is 5.74. The van der Waals surface area contributed by atoms with E-state index in [2.05, 4.69) is 16.9 Å². The summed E-state index contributed by atoms with van der Waals surface area (Å²) in [5.74, 6) is 0.980. The molecule has 0 amide bonds. The summed E-state index contributed by atoms with van der Waals surface area (Å²) in [6, 6.07) is 4.12. The molecule has 1 saturated heterocycles. The molecular formula is C14H23N3O. The number of nitrogens with two attached hydrogens (primary N) is 1. The SMILES string of the molecule is CC(N)c1ccc(N(C)CC2CCCCO2)nc1. The third-order valence-electron chi connectivity index (χ3n) is 3.44. The van der Waals surface area contributed by atoms with Crippen LogP contribution in [0.3, 0.4) is 0 Å². The summed E-state index contributed by atoms with van der Waals surface area (Å²) in [4.78, 5) is 6.61. The average molecular weight is 249 g/mol. The summed E-state index contributed by atoms with van der Waals surface area (Å²) >= 11 is 0. The van der Waals surface area contributed by atoms with Crippen LogP contribution in [0.1, 0.15) is 37.8 Å². The van der Waals surface area contributed by atoms with Gasteiger partial charge in [0.2, 0.25) is 0 Å². The normalized spacial score (nSPS) is 21.6. The molecule has 1 aliphatic rings. The number of nitrogens with zero attached hydrogens (tertiary/aromatic N) is 2. The number of rotatable bonds is 4. The Balaban J connectivity index is 1.93. The number of hydrogen-bond donors (Lipinski definition) is 1. The number of hydrogen-bond acceptors (Lipinski definition) is 4. The lowest BCUT2D eigenvalue weighted by atomic mass is 10.1. The first kappa shape index (κ1) is 13.3. The van der Waals surface area contributed by atoms with Gasteiger partial charge in [0.1, 0.15) is 5.82 Å². The van der Waals surface area contributed by atoms with E-state index in [4.69, 9.17) is 10.5 Å². The van der Waals surface area contributed by atoms with E-state index in [0.717, 1.165) is 31.0 Å². The molecule has 1 aromatic rings. The smallest absolute Gasteiger partial charge is 0.128 e. The maximum atomic E-state index is 5.82. The molecule has 2 N–H and O–H groups in total. The molecule has 1 fully saturated rings. The zero-order chi connectivity index (χ0) is 13.0. The molecule has 2 rings (SSSR count). The fourth-order valence-corrected chi connectivity index (χ4v) is 2.24. The maximum Gasteiger partial charge on any atom is 0.128 e. The highest BCUT2D eigenvalue weighted by atomic mass is 16.5. The van der Waals surface area contributed by atoms with Gasteiger partial charge in [0.15, 0.2) is 0 Å². The molecule has 1 aliphatic heterocycles. The molecule has 2 unspecified atom stereocenters. The van der Waals surface area contributed by atoms with Crippen LogP contribution in [0.2, 0.25) is 0 Å². The van der Waals surface area contributed by atoms with E-state index in [1.807, 2.05) is 25.3 Å². The number of aromatic nitrogens is 1. The van der Waals surface area contributed by atoms with Crippen LogP contribution in [0.15, 0.2) is 18.3 Å².